The summed E-state index contributed by atoms with van der Waals surface area (Å²) in [6, 6.07) is 9.04. The van der Waals surface area contributed by atoms with Crippen LogP contribution in [-0.4, -0.2) is 29.4 Å². The molecule has 0 spiro atoms. The molecule has 1 saturated heterocycles. The highest BCUT2D eigenvalue weighted by molar-refractivity contribution is 6.01. The van der Waals surface area contributed by atoms with Crippen LogP contribution in [0, 0.1) is 0 Å². The van der Waals surface area contributed by atoms with E-state index < -0.39 is 53.4 Å². The second-order valence-electron chi connectivity index (χ2n) is 6.98. The lowest BCUT2D eigenvalue weighted by atomic mass is 10.0. The number of halogens is 6. The Labute approximate surface area is 177 Å². The fourth-order valence-corrected chi connectivity index (χ4v) is 3.12. The molecule has 2 N–H and O–H groups in total. The molecule has 2 amide bonds. The zero-order chi connectivity index (χ0) is 23.7. The molecular formula is C20H16F6N2O4. The summed E-state index contributed by atoms with van der Waals surface area (Å²) >= 11 is 0. The lowest BCUT2D eigenvalue weighted by Gasteiger charge is -2.22. The molecule has 2 aromatic rings. The number of nitrogens with zero attached hydrogens (tertiary/aromatic N) is 1. The smallest absolute Gasteiger partial charge is 0.407 e. The summed E-state index contributed by atoms with van der Waals surface area (Å²) in [5.41, 5.74) is -3.14. The van der Waals surface area contributed by atoms with E-state index in [9.17, 15) is 41.0 Å². The molecule has 12 heteroatoms. The van der Waals surface area contributed by atoms with Crippen molar-refractivity contribution in [1.29, 1.82) is 0 Å². The minimum Gasteiger partial charge on any atom is -0.407 e. The third-order valence-electron chi connectivity index (χ3n) is 4.67. The molecule has 6 nitrogen and oxygen atoms in total. The zero-order valence-electron chi connectivity index (χ0n) is 16.1. The number of hydrogen-bond donors (Lipinski definition) is 2. The van der Waals surface area contributed by atoms with Crippen LogP contribution in [0.3, 0.4) is 0 Å². The molecule has 1 fully saturated rings. The van der Waals surface area contributed by atoms with E-state index >= 15 is 0 Å². The predicted octanol–water partition coefficient (Wildman–Crippen LogP) is 4.08. The second kappa shape index (κ2) is 8.34. The highest BCUT2D eigenvalue weighted by Crippen LogP contribution is 2.36. The third kappa shape index (κ3) is 5.13. The van der Waals surface area contributed by atoms with Crippen LogP contribution in [0.25, 0.3) is 0 Å². The molecule has 0 saturated carbocycles. The molecular weight excluding hydrogens is 446 g/mol. The largest absolute Gasteiger partial charge is 0.416 e. The Morgan fingerprint density at radius 1 is 1.03 bits per heavy atom. The fraction of sp³-hybridized carbons (Fsp3) is 0.300. The van der Waals surface area contributed by atoms with Crippen LogP contribution in [-0.2, 0) is 28.4 Å². The van der Waals surface area contributed by atoms with Gasteiger partial charge < -0.3 is 20.1 Å². The first-order chi connectivity index (χ1) is 14.8. The van der Waals surface area contributed by atoms with Gasteiger partial charge in [0.25, 0.3) is 11.7 Å². The Hall–Kier alpha value is -3.28. The van der Waals surface area contributed by atoms with Crippen molar-refractivity contribution < 1.29 is 45.8 Å². The van der Waals surface area contributed by atoms with Gasteiger partial charge in [0.15, 0.2) is 0 Å². The summed E-state index contributed by atoms with van der Waals surface area (Å²) < 4.78 is 82.3. The van der Waals surface area contributed by atoms with E-state index in [1.54, 1.807) is 30.3 Å². The minimum atomic E-state index is -5.04. The number of ether oxygens (including phenoxy) is 1. The van der Waals surface area contributed by atoms with Gasteiger partial charge in [-0.05, 0) is 35.9 Å². The number of carbonyl (C=O) groups excluding carboxylic acids is 2. The quantitative estimate of drug-likeness (QED) is 0.531. The highest BCUT2D eigenvalue weighted by Gasteiger charge is 2.49. The van der Waals surface area contributed by atoms with E-state index in [0.29, 0.717) is 17.8 Å². The maximum absolute atomic E-state index is 12.9. The molecule has 0 radical (unpaired) electrons. The maximum atomic E-state index is 12.9. The van der Waals surface area contributed by atoms with Gasteiger partial charge in [-0.1, -0.05) is 18.2 Å². The number of rotatable bonds is 4. The van der Waals surface area contributed by atoms with Crippen LogP contribution < -0.4 is 10.2 Å². The van der Waals surface area contributed by atoms with Gasteiger partial charge in [0, 0.05) is 25.2 Å². The molecule has 0 aromatic heterocycles. The van der Waals surface area contributed by atoms with Gasteiger partial charge in [-0.15, -0.1) is 0 Å². The zero-order valence-corrected chi connectivity index (χ0v) is 16.1. The number of alkyl carbamates (subject to hydrolysis) is 1. The lowest BCUT2D eigenvalue weighted by molar-refractivity contribution is -0.175. The van der Waals surface area contributed by atoms with E-state index in [1.165, 1.54) is 4.90 Å². The number of carbonyl (C=O) groups is 2. The summed E-state index contributed by atoms with van der Waals surface area (Å²) in [5, 5.41) is 12.3. The standard InChI is InChI=1S/C20H16F6N2O4/c21-19(22,23)13-8-12(9-14(10-13)20(24,25)26)11-27-17(30)32-18(31)6-7-28(16(18)29)15-4-2-1-3-5-15/h1-5,8-10,31H,6-7,11H2,(H,27,30)/t18-/m0/s1. The van der Waals surface area contributed by atoms with Gasteiger partial charge in [0.1, 0.15) is 0 Å². The monoisotopic (exact) mass is 462 g/mol. The molecule has 2 aromatic carbocycles. The molecule has 172 valence electrons. The average molecular weight is 462 g/mol. The molecule has 1 atom stereocenters. The number of alkyl halides is 6. The summed E-state index contributed by atoms with van der Waals surface area (Å²) in [7, 11) is 0. The van der Waals surface area contributed by atoms with E-state index in [0.717, 1.165) is 0 Å². The first-order valence-corrected chi connectivity index (χ1v) is 9.14. The van der Waals surface area contributed by atoms with E-state index in [2.05, 4.69) is 0 Å². The number of hydrogen-bond acceptors (Lipinski definition) is 4. The van der Waals surface area contributed by atoms with Gasteiger partial charge in [-0.3, -0.25) is 4.79 Å². The molecule has 1 heterocycles. The molecule has 0 bridgehead atoms. The second-order valence-corrected chi connectivity index (χ2v) is 6.98. The Morgan fingerprint density at radius 3 is 2.12 bits per heavy atom. The summed E-state index contributed by atoms with van der Waals surface area (Å²) in [6.45, 7) is -0.742. The first-order valence-electron chi connectivity index (χ1n) is 9.14. The molecule has 0 aliphatic carbocycles. The van der Waals surface area contributed by atoms with E-state index in [4.69, 9.17) is 4.74 Å². The van der Waals surface area contributed by atoms with Crippen LogP contribution in [0.2, 0.25) is 0 Å². The lowest BCUT2D eigenvalue weighted by Crippen LogP contribution is -2.46. The van der Waals surface area contributed by atoms with E-state index in [-0.39, 0.29) is 19.0 Å². The highest BCUT2D eigenvalue weighted by atomic mass is 19.4. The number of benzene rings is 2. The summed E-state index contributed by atoms with van der Waals surface area (Å²) in [6.07, 6.45) is -11.7. The SMILES string of the molecule is O=C(NCc1cc(C(F)(F)F)cc(C(F)(F)F)c1)O[C@@]1(O)CCN(c2ccccc2)C1=O. The molecule has 1 aliphatic rings. The Morgan fingerprint density at radius 2 is 1.59 bits per heavy atom. The number of amides is 2. The van der Waals surface area contributed by atoms with Crippen LogP contribution in [0.5, 0.6) is 0 Å². The summed E-state index contributed by atoms with van der Waals surface area (Å²) in [5.74, 6) is -3.46. The Kier molecular flexibility index (Phi) is 6.09. The molecule has 0 unspecified atom stereocenters. The number of nitrogens with one attached hydrogen (secondary N) is 1. The number of anilines is 1. The van der Waals surface area contributed by atoms with Crippen molar-refractivity contribution in [3.63, 3.8) is 0 Å². The van der Waals surface area contributed by atoms with Crippen molar-refractivity contribution in [3.8, 4) is 0 Å². The van der Waals surface area contributed by atoms with Crippen molar-refractivity contribution in [2.75, 3.05) is 11.4 Å². The van der Waals surface area contributed by atoms with Crippen LogP contribution in [0.15, 0.2) is 48.5 Å². The third-order valence-corrected chi connectivity index (χ3v) is 4.67. The maximum Gasteiger partial charge on any atom is 0.416 e. The van der Waals surface area contributed by atoms with Gasteiger partial charge in [-0.25, -0.2) is 4.79 Å². The van der Waals surface area contributed by atoms with Crippen molar-refractivity contribution in [3.05, 3.63) is 65.2 Å². The van der Waals surface area contributed by atoms with Crippen molar-refractivity contribution in [2.45, 2.75) is 31.1 Å². The van der Waals surface area contributed by atoms with Crippen LogP contribution in [0.1, 0.15) is 23.1 Å². The predicted molar refractivity (Wildman–Crippen MR) is 98.1 cm³/mol. The number of para-hydroxylation sites is 1. The Bertz CT molecular complexity index is 977. The van der Waals surface area contributed by atoms with Gasteiger partial charge in [-0.2, -0.15) is 26.3 Å². The van der Waals surface area contributed by atoms with Crippen molar-refractivity contribution >= 4 is 17.7 Å². The Balaban J connectivity index is 1.69. The van der Waals surface area contributed by atoms with Gasteiger partial charge >= 0.3 is 18.4 Å². The number of aliphatic hydroxyl groups is 1. The molecule has 3 rings (SSSR count). The van der Waals surface area contributed by atoms with Gasteiger partial charge in [0.2, 0.25) is 0 Å². The molecule has 32 heavy (non-hydrogen) atoms. The molecule has 1 aliphatic heterocycles. The topological polar surface area (TPSA) is 78.9 Å². The van der Waals surface area contributed by atoms with Crippen molar-refractivity contribution in [2.24, 2.45) is 0 Å². The normalized spacial score (nSPS) is 19.2. The average Bonchev–Trinajstić information content (AvgIpc) is 3.00. The van der Waals surface area contributed by atoms with Gasteiger partial charge in [0.05, 0.1) is 11.1 Å². The first kappa shape index (κ1) is 23.4. The summed E-state index contributed by atoms with van der Waals surface area (Å²) in [4.78, 5) is 25.7. The minimum absolute atomic E-state index is 0.0230. The van der Waals surface area contributed by atoms with E-state index in [1.807, 2.05) is 5.32 Å². The van der Waals surface area contributed by atoms with Crippen LogP contribution >= 0.6 is 0 Å². The van der Waals surface area contributed by atoms with Crippen LogP contribution in [0.4, 0.5) is 36.8 Å². The van der Waals surface area contributed by atoms with Crippen molar-refractivity contribution in [1.82, 2.24) is 5.32 Å². The fourth-order valence-electron chi connectivity index (χ4n) is 3.12.